The highest BCUT2D eigenvalue weighted by Gasteiger charge is 2.11. The van der Waals surface area contributed by atoms with Gasteiger partial charge in [-0.25, -0.2) is 4.39 Å². The van der Waals surface area contributed by atoms with Crippen LogP contribution in [0.1, 0.15) is 19.4 Å². The molecule has 0 N–H and O–H groups in total. The summed E-state index contributed by atoms with van der Waals surface area (Å²) >= 11 is 0. The standard InChI is InChI=1S/C14H20FNO3/c1-10(2)19-9-14(17)16(3)8-11-5-6-13(18-4)12(15)7-11/h5-7,10H,8-9H2,1-4H3. The van der Waals surface area contributed by atoms with Crippen molar-refractivity contribution in [3.8, 4) is 5.75 Å². The summed E-state index contributed by atoms with van der Waals surface area (Å²) in [4.78, 5) is 13.2. The van der Waals surface area contributed by atoms with Gasteiger partial charge in [0.05, 0.1) is 13.2 Å². The second-order valence-electron chi connectivity index (χ2n) is 4.58. The van der Waals surface area contributed by atoms with Gasteiger partial charge in [0.2, 0.25) is 5.91 Å². The Bertz CT molecular complexity index is 435. The van der Waals surface area contributed by atoms with Crippen LogP contribution in [0.3, 0.4) is 0 Å². The molecule has 1 rings (SSSR count). The Labute approximate surface area is 113 Å². The predicted molar refractivity (Wildman–Crippen MR) is 70.5 cm³/mol. The Morgan fingerprint density at radius 2 is 2.11 bits per heavy atom. The van der Waals surface area contributed by atoms with E-state index in [4.69, 9.17) is 9.47 Å². The van der Waals surface area contributed by atoms with Crippen molar-refractivity contribution in [2.75, 3.05) is 20.8 Å². The summed E-state index contributed by atoms with van der Waals surface area (Å²) in [5.74, 6) is -0.370. The van der Waals surface area contributed by atoms with E-state index in [0.717, 1.165) is 0 Å². The van der Waals surface area contributed by atoms with Crippen LogP contribution < -0.4 is 4.74 Å². The number of ether oxygens (including phenoxy) is 2. The van der Waals surface area contributed by atoms with Crippen LogP contribution in [-0.4, -0.2) is 37.7 Å². The number of nitrogens with zero attached hydrogens (tertiary/aromatic N) is 1. The quantitative estimate of drug-likeness (QED) is 0.795. The van der Waals surface area contributed by atoms with E-state index in [0.29, 0.717) is 12.1 Å². The smallest absolute Gasteiger partial charge is 0.248 e. The highest BCUT2D eigenvalue weighted by Crippen LogP contribution is 2.18. The minimum atomic E-state index is -0.431. The van der Waals surface area contributed by atoms with E-state index in [1.165, 1.54) is 18.1 Å². The summed E-state index contributed by atoms with van der Waals surface area (Å²) in [6.07, 6.45) is 0.00998. The third-order valence-corrected chi connectivity index (χ3v) is 2.60. The van der Waals surface area contributed by atoms with Crippen LogP contribution >= 0.6 is 0 Å². The number of likely N-dealkylation sites (N-methyl/N-ethyl adjacent to an activating group) is 1. The SMILES string of the molecule is COc1ccc(CN(C)C(=O)COC(C)C)cc1F. The maximum Gasteiger partial charge on any atom is 0.248 e. The molecule has 0 bridgehead atoms. The molecule has 19 heavy (non-hydrogen) atoms. The van der Waals surface area contributed by atoms with E-state index in [-0.39, 0.29) is 24.4 Å². The van der Waals surface area contributed by atoms with E-state index in [2.05, 4.69) is 0 Å². The number of benzene rings is 1. The molecule has 0 unspecified atom stereocenters. The van der Waals surface area contributed by atoms with Gasteiger partial charge in [-0.2, -0.15) is 0 Å². The first kappa shape index (κ1) is 15.4. The molecule has 1 aromatic rings. The number of carbonyl (C=O) groups is 1. The lowest BCUT2D eigenvalue weighted by atomic mass is 10.2. The molecular formula is C14H20FNO3. The number of hydrogen-bond donors (Lipinski definition) is 0. The zero-order chi connectivity index (χ0) is 14.4. The Kier molecular flexibility index (Phi) is 5.76. The lowest BCUT2D eigenvalue weighted by Crippen LogP contribution is -2.30. The number of rotatable bonds is 6. The topological polar surface area (TPSA) is 38.8 Å². The molecule has 1 aromatic carbocycles. The summed E-state index contributed by atoms with van der Waals surface area (Å²) in [5.41, 5.74) is 0.707. The van der Waals surface area contributed by atoms with E-state index < -0.39 is 5.82 Å². The molecule has 0 atom stereocenters. The van der Waals surface area contributed by atoms with Gasteiger partial charge in [0, 0.05) is 13.6 Å². The molecule has 4 nitrogen and oxygen atoms in total. The van der Waals surface area contributed by atoms with Gasteiger partial charge in [0.15, 0.2) is 11.6 Å². The third-order valence-electron chi connectivity index (χ3n) is 2.60. The van der Waals surface area contributed by atoms with Crippen LogP contribution in [0.4, 0.5) is 4.39 Å². The molecule has 0 aromatic heterocycles. The lowest BCUT2D eigenvalue weighted by molar-refractivity contribution is -0.136. The zero-order valence-electron chi connectivity index (χ0n) is 11.8. The van der Waals surface area contributed by atoms with Crippen molar-refractivity contribution in [2.45, 2.75) is 26.5 Å². The number of carbonyl (C=O) groups excluding carboxylic acids is 1. The summed E-state index contributed by atoms with van der Waals surface area (Å²) in [6.45, 7) is 4.10. The molecule has 106 valence electrons. The fourth-order valence-electron chi connectivity index (χ4n) is 1.52. The maximum absolute atomic E-state index is 13.5. The van der Waals surface area contributed by atoms with Crippen molar-refractivity contribution in [3.05, 3.63) is 29.6 Å². The van der Waals surface area contributed by atoms with Crippen LogP contribution in [0.2, 0.25) is 0 Å². The van der Waals surface area contributed by atoms with Crippen LogP contribution in [0.15, 0.2) is 18.2 Å². The molecule has 0 radical (unpaired) electrons. The van der Waals surface area contributed by atoms with Crippen molar-refractivity contribution in [2.24, 2.45) is 0 Å². The second kappa shape index (κ2) is 7.09. The molecule has 0 saturated carbocycles. The van der Waals surface area contributed by atoms with E-state index in [1.807, 2.05) is 13.8 Å². The summed E-state index contributed by atoms with van der Waals surface area (Å²) in [5, 5.41) is 0. The number of halogens is 1. The first-order valence-corrected chi connectivity index (χ1v) is 6.12. The van der Waals surface area contributed by atoms with Crippen molar-refractivity contribution in [1.29, 1.82) is 0 Å². The van der Waals surface area contributed by atoms with Crippen LogP contribution in [0.5, 0.6) is 5.75 Å². The van der Waals surface area contributed by atoms with E-state index >= 15 is 0 Å². The fraction of sp³-hybridized carbons (Fsp3) is 0.500. The van der Waals surface area contributed by atoms with Crippen molar-refractivity contribution < 1.29 is 18.7 Å². The number of methoxy groups -OCH3 is 1. The zero-order valence-corrected chi connectivity index (χ0v) is 11.8. The Morgan fingerprint density at radius 3 is 2.63 bits per heavy atom. The molecule has 0 aliphatic heterocycles. The van der Waals surface area contributed by atoms with Gasteiger partial charge < -0.3 is 14.4 Å². The average molecular weight is 269 g/mol. The molecule has 1 amide bonds. The third kappa shape index (κ3) is 4.87. The molecule has 0 spiro atoms. The maximum atomic E-state index is 13.5. The van der Waals surface area contributed by atoms with Crippen LogP contribution in [0.25, 0.3) is 0 Å². The van der Waals surface area contributed by atoms with Gasteiger partial charge >= 0.3 is 0 Å². The first-order valence-electron chi connectivity index (χ1n) is 6.12. The van der Waals surface area contributed by atoms with Crippen molar-refractivity contribution >= 4 is 5.91 Å². The monoisotopic (exact) mass is 269 g/mol. The summed E-state index contributed by atoms with van der Waals surface area (Å²) < 4.78 is 23.6. The fourth-order valence-corrected chi connectivity index (χ4v) is 1.52. The molecule has 0 saturated heterocycles. The first-order chi connectivity index (χ1) is 8.93. The Hall–Kier alpha value is -1.62. The average Bonchev–Trinajstić information content (AvgIpc) is 2.36. The molecule has 0 aliphatic rings. The molecule has 0 aliphatic carbocycles. The Morgan fingerprint density at radius 1 is 1.42 bits per heavy atom. The van der Waals surface area contributed by atoms with Gasteiger partial charge in [-0.05, 0) is 31.5 Å². The van der Waals surface area contributed by atoms with E-state index in [1.54, 1.807) is 19.2 Å². The normalized spacial score (nSPS) is 10.6. The highest BCUT2D eigenvalue weighted by molar-refractivity contribution is 5.77. The van der Waals surface area contributed by atoms with Crippen molar-refractivity contribution in [1.82, 2.24) is 4.90 Å². The lowest BCUT2D eigenvalue weighted by Gasteiger charge is -2.18. The molecule has 0 fully saturated rings. The summed E-state index contributed by atoms with van der Waals surface area (Å²) in [6, 6.07) is 4.65. The van der Waals surface area contributed by atoms with Gasteiger partial charge in [0.1, 0.15) is 6.61 Å². The molecule has 5 heteroatoms. The van der Waals surface area contributed by atoms with Gasteiger partial charge in [-0.3, -0.25) is 4.79 Å². The number of amides is 1. The molecule has 0 heterocycles. The van der Waals surface area contributed by atoms with Crippen molar-refractivity contribution in [3.63, 3.8) is 0 Å². The van der Waals surface area contributed by atoms with Crippen LogP contribution in [-0.2, 0) is 16.1 Å². The largest absolute Gasteiger partial charge is 0.494 e. The minimum Gasteiger partial charge on any atom is -0.494 e. The second-order valence-corrected chi connectivity index (χ2v) is 4.58. The predicted octanol–water partition coefficient (Wildman–Crippen LogP) is 2.22. The number of hydrogen-bond acceptors (Lipinski definition) is 3. The van der Waals surface area contributed by atoms with Crippen LogP contribution in [0, 0.1) is 5.82 Å². The van der Waals surface area contributed by atoms with Gasteiger partial charge in [-0.15, -0.1) is 0 Å². The highest BCUT2D eigenvalue weighted by atomic mass is 19.1. The van der Waals surface area contributed by atoms with Gasteiger partial charge in [-0.1, -0.05) is 6.07 Å². The van der Waals surface area contributed by atoms with E-state index in [9.17, 15) is 9.18 Å². The minimum absolute atomic E-state index is 0.00998. The molecular weight excluding hydrogens is 249 g/mol. The Balaban J connectivity index is 2.58. The summed E-state index contributed by atoms with van der Waals surface area (Å²) in [7, 11) is 3.07. The van der Waals surface area contributed by atoms with Gasteiger partial charge in [0.25, 0.3) is 0 Å².